The van der Waals surface area contributed by atoms with Gasteiger partial charge in [0.2, 0.25) is 23.6 Å². The van der Waals surface area contributed by atoms with Gasteiger partial charge in [-0.3, -0.25) is 48.1 Å². The molecule has 0 radical (unpaired) electrons. The number of aromatic hydroxyl groups is 1. The first-order valence-electron chi connectivity index (χ1n) is 26.7. The molecule has 0 unspecified atom stereocenters. The van der Waals surface area contributed by atoms with Gasteiger partial charge in [0.25, 0.3) is 0 Å². The van der Waals surface area contributed by atoms with E-state index in [2.05, 4.69) is 26.3 Å². The number of nitrogens with two attached hydrogens (primary N) is 5. The van der Waals surface area contributed by atoms with Crippen molar-refractivity contribution in [1.82, 2.24) is 21.3 Å². The van der Waals surface area contributed by atoms with E-state index in [-0.39, 0.29) is 75.5 Å². The molecule has 0 bridgehead atoms. The number of guanidine groups is 1. The number of unbranched alkanes of at least 4 members (excludes halogenated alkanes) is 3. The van der Waals surface area contributed by atoms with E-state index in [4.69, 9.17) is 28.7 Å². The van der Waals surface area contributed by atoms with E-state index in [1.807, 2.05) is 0 Å². The number of hydrogen-bond acceptors (Lipinski definition) is 17. The molecule has 1 aromatic carbocycles. The number of phenols is 1. The van der Waals surface area contributed by atoms with Crippen molar-refractivity contribution in [3.63, 3.8) is 0 Å². The molecular formula is C53H88N10O14. The van der Waals surface area contributed by atoms with Crippen LogP contribution in [0, 0.1) is 35.5 Å². The number of benzene rings is 1. The zero-order valence-electron chi connectivity index (χ0n) is 45.2. The molecule has 18 N–H and O–H groups in total. The molecule has 0 saturated heterocycles. The van der Waals surface area contributed by atoms with E-state index in [1.165, 1.54) is 31.2 Å². The summed E-state index contributed by atoms with van der Waals surface area (Å²) in [5.74, 6) is -12.7. The van der Waals surface area contributed by atoms with E-state index in [1.54, 1.807) is 13.8 Å². The normalized spacial score (nSPS) is 14.4. The van der Waals surface area contributed by atoms with Crippen LogP contribution in [-0.2, 0) is 54.4 Å². The Hall–Kier alpha value is -6.21. The molecule has 0 aromatic heterocycles. The van der Waals surface area contributed by atoms with Gasteiger partial charge < -0.3 is 75.2 Å². The van der Waals surface area contributed by atoms with Gasteiger partial charge in [0, 0.05) is 62.3 Å². The van der Waals surface area contributed by atoms with Crippen LogP contribution in [0.2, 0.25) is 0 Å². The van der Waals surface area contributed by atoms with Crippen LogP contribution in [0.1, 0.15) is 129 Å². The van der Waals surface area contributed by atoms with Crippen LogP contribution in [0.3, 0.4) is 0 Å². The highest BCUT2D eigenvalue weighted by molar-refractivity contribution is 5.98. The molecule has 1 rings (SSSR count). The fourth-order valence-corrected chi connectivity index (χ4v) is 8.66. The number of aliphatic hydroxyl groups is 2. The Bertz CT molecular complexity index is 2080. The lowest BCUT2D eigenvalue weighted by molar-refractivity contribution is -0.144. The number of carboxylic acid groups (broad SMARTS) is 1. The molecule has 0 heterocycles. The lowest BCUT2D eigenvalue weighted by atomic mass is 9.87. The van der Waals surface area contributed by atoms with Crippen LogP contribution in [0.15, 0.2) is 29.3 Å². The van der Waals surface area contributed by atoms with Crippen molar-refractivity contribution in [3.8, 4) is 5.75 Å². The third-order valence-electron chi connectivity index (χ3n) is 13.3. The number of rotatable bonds is 44. The lowest BCUT2D eigenvalue weighted by Gasteiger charge is -2.26. The molecule has 77 heavy (non-hydrogen) atoms. The smallest absolute Gasteiger partial charge is 0.306 e. The molecule has 24 nitrogen and oxygen atoms in total. The highest BCUT2D eigenvalue weighted by atomic mass is 16.4. The topological polar surface area (TPSA) is 442 Å². The Labute approximate surface area is 451 Å². The van der Waals surface area contributed by atoms with Gasteiger partial charge in [0.05, 0.1) is 31.7 Å². The first-order chi connectivity index (χ1) is 36.5. The van der Waals surface area contributed by atoms with Crippen molar-refractivity contribution in [1.29, 1.82) is 0 Å². The first kappa shape index (κ1) is 68.8. The molecule has 0 aliphatic carbocycles. The summed E-state index contributed by atoms with van der Waals surface area (Å²) in [5, 5.41) is 50.6. The standard InChI is InChI=1S/C53H88N10O14/c1-32(2)41(51(75)60-29-40(68)25-37(52(76)77)13-6-9-21-56)28-47(71)44(31-65)62-49(73)36(12-5-8-20-55)26-46(70)43(30-64)63-50(74)38(24-34-15-17-39(67)18-16-34)27-45(69)42(14-10-22-59-53(57)58)61-48(72)35(23-33(3)66)11-4-7-19-54/h15-18,32,35-38,41-44,64-65,67H,4-14,19-31,54-56H2,1-3H3,(H,60,75)(H,61,72)(H,62,73)(H,63,74)(H,76,77)(H4,57,58,59)/t35-,36-,37-,38-,41+,42+,43+,44+/m1/s1. The van der Waals surface area contributed by atoms with Crippen molar-refractivity contribution >= 4 is 64.5 Å². The van der Waals surface area contributed by atoms with Crippen LogP contribution in [0.25, 0.3) is 0 Å². The van der Waals surface area contributed by atoms with Gasteiger partial charge in [-0.2, -0.15) is 0 Å². The number of aliphatic imine (C=N–C) groups is 1. The van der Waals surface area contributed by atoms with E-state index >= 15 is 0 Å². The molecule has 8 atom stereocenters. The number of nitrogens with one attached hydrogen (secondary N) is 4. The summed E-state index contributed by atoms with van der Waals surface area (Å²) in [6.45, 7) is 3.47. The molecular weight excluding hydrogens is 1000 g/mol. The third kappa shape index (κ3) is 28.1. The number of ketones is 5. The summed E-state index contributed by atoms with van der Waals surface area (Å²) in [6, 6.07) is 1.52. The van der Waals surface area contributed by atoms with Crippen LogP contribution in [0.4, 0.5) is 0 Å². The Balaban J connectivity index is 3.38. The van der Waals surface area contributed by atoms with Gasteiger partial charge in [-0.05, 0) is 108 Å². The van der Waals surface area contributed by atoms with E-state index in [0.29, 0.717) is 63.6 Å². The van der Waals surface area contributed by atoms with Crippen molar-refractivity contribution in [2.24, 2.45) is 69.2 Å². The van der Waals surface area contributed by atoms with Gasteiger partial charge in [0.15, 0.2) is 29.1 Å². The van der Waals surface area contributed by atoms with E-state index < -0.39 is 145 Å². The van der Waals surface area contributed by atoms with E-state index in [0.717, 1.165) is 0 Å². The minimum atomic E-state index is -1.60. The van der Waals surface area contributed by atoms with Crippen molar-refractivity contribution in [3.05, 3.63) is 29.8 Å². The van der Waals surface area contributed by atoms with Gasteiger partial charge >= 0.3 is 5.97 Å². The maximum atomic E-state index is 14.3. The average Bonchev–Trinajstić information content (AvgIpc) is 3.37. The number of carbonyl (C=O) groups is 10. The summed E-state index contributed by atoms with van der Waals surface area (Å²) in [6.07, 6.45) is 1.92. The van der Waals surface area contributed by atoms with Crippen LogP contribution >= 0.6 is 0 Å². The summed E-state index contributed by atoms with van der Waals surface area (Å²) < 4.78 is 0. The molecule has 4 amide bonds. The zero-order valence-corrected chi connectivity index (χ0v) is 45.2. The number of phenolic OH excluding ortho intramolecular Hbond substituents is 1. The fourth-order valence-electron chi connectivity index (χ4n) is 8.66. The molecule has 1 aromatic rings. The number of hydrogen-bond donors (Lipinski definition) is 13. The predicted molar refractivity (Wildman–Crippen MR) is 287 cm³/mol. The second-order valence-corrected chi connectivity index (χ2v) is 20.1. The van der Waals surface area contributed by atoms with Crippen LogP contribution < -0.4 is 49.9 Å². The molecule has 0 fully saturated rings. The van der Waals surface area contributed by atoms with Crippen LogP contribution in [-0.4, -0.2) is 149 Å². The number of aliphatic hydroxyl groups excluding tert-OH is 2. The average molecular weight is 1090 g/mol. The minimum Gasteiger partial charge on any atom is -0.508 e. The quantitative estimate of drug-likeness (QED) is 0.0224. The molecule has 0 aliphatic heterocycles. The second-order valence-electron chi connectivity index (χ2n) is 20.1. The summed E-state index contributed by atoms with van der Waals surface area (Å²) in [7, 11) is 0. The SMILES string of the molecule is CC(=O)C[C@@H](CCCCN)C(=O)N[C@@H](CCCN=C(N)N)C(=O)C[C@@H](Cc1ccc(O)cc1)C(=O)N[C@@H](CO)C(=O)C[C@@H](CCCCN)C(=O)N[C@@H](CO)C(=O)C[C@H](C(=O)NCC(=O)C[C@@H](CCCCN)C(=O)O)C(C)C. The number of aliphatic carboxylic acids is 1. The first-order valence-corrected chi connectivity index (χ1v) is 26.7. The third-order valence-corrected chi connectivity index (χ3v) is 13.3. The summed E-state index contributed by atoms with van der Waals surface area (Å²) in [4.78, 5) is 138. The maximum absolute atomic E-state index is 14.3. The lowest BCUT2D eigenvalue weighted by Crippen LogP contribution is -2.50. The number of amides is 4. The maximum Gasteiger partial charge on any atom is 0.306 e. The van der Waals surface area contributed by atoms with Gasteiger partial charge in [-0.25, -0.2) is 0 Å². The molecule has 434 valence electrons. The molecule has 24 heteroatoms. The Kier molecular flexibility index (Phi) is 34.3. The van der Waals surface area contributed by atoms with Crippen molar-refractivity contribution in [2.45, 2.75) is 148 Å². The number of carboxylic acids is 1. The molecule has 0 aliphatic rings. The highest BCUT2D eigenvalue weighted by Crippen LogP contribution is 2.23. The van der Waals surface area contributed by atoms with Crippen molar-refractivity contribution in [2.75, 3.05) is 45.9 Å². The number of nitrogens with zero attached hydrogens (tertiary/aromatic N) is 1. The van der Waals surface area contributed by atoms with Crippen LogP contribution in [0.5, 0.6) is 5.75 Å². The second kappa shape index (κ2) is 38.4. The highest BCUT2D eigenvalue weighted by Gasteiger charge is 2.35. The number of carbonyl (C=O) groups excluding carboxylic acids is 9. The van der Waals surface area contributed by atoms with Gasteiger partial charge in [-0.15, -0.1) is 0 Å². The monoisotopic (exact) mass is 1090 g/mol. The Morgan fingerprint density at radius 3 is 1.48 bits per heavy atom. The summed E-state index contributed by atoms with van der Waals surface area (Å²) in [5.41, 5.74) is 28.4. The van der Waals surface area contributed by atoms with E-state index in [9.17, 15) is 68.4 Å². The zero-order chi connectivity index (χ0) is 58.0. The molecule has 0 saturated carbocycles. The minimum absolute atomic E-state index is 0.0447. The largest absolute Gasteiger partial charge is 0.508 e. The fraction of sp³-hybridized carbons (Fsp3) is 0.679. The predicted octanol–water partition coefficient (Wildman–Crippen LogP) is -0.432. The summed E-state index contributed by atoms with van der Waals surface area (Å²) >= 11 is 0. The molecule has 0 spiro atoms. The number of Topliss-reactive ketones (excluding diaryl/α,β-unsaturated/α-hetero) is 5. The Morgan fingerprint density at radius 2 is 1.01 bits per heavy atom. The Morgan fingerprint density at radius 1 is 0.558 bits per heavy atom. The van der Waals surface area contributed by atoms with Gasteiger partial charge in [-0.1, -0.05) is 45.2 Å². The van der Waals surface area contributed by atoms with Crippen molar-refractivity contribution < 1.29 is 68.4 Å². The van der Waals surface area contributed by atoms with Gasteiger partial charge in [0.1, 0.15) is 23.6 Å².